The van der Waals surface area contributed by atoms with Crippen molar-refractivity contribution in [3.8, 4) is 0 Å². The maximum Gasteiger partial charge on any atom is 0.163 e. The maximum atomic E-state index is 5.91. The molecule has 1 aliphatic rings. The summed E-state index contributed by atoms with van der Waals surface area (Å²) in [5.41, 5.74) is 6.23. The van der Waals surface area contributed by atoms with Gasteiger partial charge in [-0.25, -0.2) is 9.97 Å². The highest BCUT2D eigenvalue weighted by atomic mass is 16.5. The molecule has 0 atom stereocenters. The summed E-state index contributed by atoms with van der Waals surface area (Å²) in [4.78, 5) is 8.81. The molecule has 0 saturated carbocycles. The summed E-state index contributed by atoms with van der Waals surface area (Å²) in [6.45, 7) is 5.89. The van der Waals surface area contributed by atoms with Crippen LogP contribution >= 0.6 is 0 Å². The number of nitrogens with zero attached hydrogens (tertiary/aromatic N) is 2. The van der Waals surface area contributed by atoms with Crippen molar-refractivity contribution < 1.29 is 9.47 Å². The van der Waals surface area contributed by atoms with Crippen LogP contribution in [0.15, 0.2) is 6.07 Å². The third-order valence-corrected chi connectivity index (χ3v) is 3.00. The molecular formula is C12H19N3O2. The van der Waals surface area contributed by atoms with Gasteiger partial charge < -0.3 is 15.2 Å². The van der Waals surface area contributed by atoms with Crippen LogP contribution in [0.3, 0.4) is 0 Å². The molecule has 0 spiro atoms. The average molecular weight is 237 g/mol. The van der Waals surface area contributed by atoms with Crippen LogP contribution in [0, 0.1) is 6.92 Å². The Kier molecular flexibility index (Phi) is 3.59. The van der Waals surface area contributed by atoms with E-state index < -0.39 is 5.60 Å². The Labute approximate surface area is 101 Å². The van der Waals surface area contributed by atoms with Crippen LogP contribution in [-0.2, 0) is 15.1 Å². The highest BCUT2D eigenvalue weighted by Gasteiger charge is 2.38. The SMILES string of the molecule is CCOC1(c2nc(C)cc(N)n2)CCOCC1. The third-order valence-electron chi connectivity index (χ3n) is 3.00. The van der Waals surface area contributed by atoms with E-state index in [1.165, 1.54) is 0 Å². The van der Waals surface area contributed by atoms with Crippen LogP contribution in [0.2, 0.25) is 0 Å². The summed E-state index contributed by atoms with van der Waals surface area (Å²) >= 11 is 0. The van der Waals surface area contributed by atoms with Crippen molar-refractivity contribution >= 4 is 5.82 Å². The van der Waals surface area contributed by atoms with E-state index in [2.05, 4.69) is 9.97 Å². The van der Waals surface area contributed by atoms with Gasteiger partial charge in [-0.05, 0) is 13.8 Å². The van der Waals surface area contributed by atoms with Crippen LogP contribution in [0.5, 0.6) is 0 Å². The molecule has 1 aromatic rings. The van der Waals surface area contributed by atoms with Gasteiger partial charge in [0.1, 0.15) is 11.4 Å². The molecular weight excluding hydrogens is 218 g/mol. The number of nitrogens with two attached hydrogens (primary N) is 1. The van der Waals surface area contributed by atoms with Gasteiger partial charge in [0.05, 0.1) is 0 Å². The number of ether oxygens (including phenoxy) is 2. The Morgan fingerprint density at radius 1 is 1.41 bits per heavy atom. The lowest BCUT2D eigenvalue weighted by Crippen LogP contribution is -2.38. The van der Waals surface area contributed by atoms with Crippen molar-refractivity contribution in [2.24, 2.45) is 0 Å². The standard InChI is InChI=1S/C12H19N3O2/c1-3-17-12(4-6-16-7-5-12)11-14-9(2)8-10(13)15-11/h8H,3-7H2,1-2H3,(H2,13,14,15). The predicted octanol–water partition coefficient (Wildman–Crippen LogP) is 1.41. The molecule has 0 amide bonds. The van der Waals surface area contributed by atoms with Crippen molar-refractivity contribution in [3.05, 3.63) is 17.6 Å². The number of aryl methyl sites for hydroxylation is 1. The van der Waals surface area contributed by atoms with Crippen molar-refractivity contribution in [1.82, 2.24) is 9.97 Å². The molecule has 1 fully saturated rings. The Morgan fingerprint density at radius 2 is 2.12 bits per heavy atom. The molecule has 0 unspecified atom stereocenters. The number of hydrogen-bond acceptors (Lipinski definition) is 5. The number of rotatable bonds is 3. The quantitative estimate of drug-likeness (QED) is 0.860. The summed E-state index contributed by atoms with van der Waals surface area (Å²) in [6.07, 6.45) is 1.56. The largest absolute Gasteiger partial charge is 0.384 e. The third kappa shape index (κ3) is 2.56. The minimum absolute atomic E-state index is 0.423. The second-order valence-electron chi connectivity index (χ2n) is 4.30. The molecule has 2 rings (SSSR count). The fourth-order valence-electron chi connectivity index (χ4n) is 2.21. The molecule has 0 radical (unpaired) electrons. The van der Waals surface area contributed by atoms with Gasteiger partial charge in [0, 0.05) is 44.4 Å². The van der Waals surface area contributed by atoms with E-state index in [0.717, 1.165) is 18.5 Å². The zero-order valence-corrected chi connectivity index (χ0v) is 10.4. The molecule has 1 aliphatic heterocycles. The van der Waals surface area contributed by atoms with Crippen molar-refractivity contribution in [3.63, 3.8) is 0 Å². The number of hydrogen-bond donors (Lipinski definition) is 1. The Hall–Kier alpha value is -1.20. The molecule has 94 valence electrons. The van der Waals surface area contributed by atoms with Gasteiger partial charge in [-0.2, -0.15) is 0 Å². The molecule has 17 heavy (non-hydrogen) atoms. The monoisotopic (exact) mass is 237 g/mol. The smallest absolute Gasteiger partial charge is 0.163 e. The molecule has 2 heterocycles. The van der Waals surface area contributed by atoms with E-state index >= 15 is 0 Å². The second kappa shape index (κ2) is 4.98. The fraction of sp³-hybridized carbons (Fsp3) is 0.667. The first-order chi connectivity index (χ1) is 8.16. The predicted molar refractivity (Wildman–Crippen MR) is 64.5 cm³/mol. The van der Waals surface area contributed by atoms with E-state index in [1.54, 1.807) is 6.07 Å². The highest BCUT2D eigenvalue weighted by molar-refractivity contribution is 5.30. The highest BCUT2D eigenvalue weighted by Crippen LogP contribution is 2.34. The number of anilines is 1. The normalized spacial score (nSPS) is 19.2. The first-order valence-electron chi connectivity index (χ1n) is 5.99. The zero-order valence-electron chi connectivity index (χ0n) is 10.4. The van der Waals surface area contributed by atoms with E-state index in [-0.39, 0.29) is 0 Å². The lowest BCUT2D eigenvalue weighted by atomic mass is 9.92. The first kappa shape index (κ1) is 12.3. The Balaban J connectivity index is 2.37. The van der Waals surface area contributed by atoms with Gasteiger partial charge in [0.25, 0.3) is 0 Å². The Bertz CT molecular complexity index is 364. The summed E-state index contributed by atoms with van der Waals surface area (Å²) in [5.74, 6) is 1.19. The van der Waals surface area contributed by atoms with E-state index in [0.29, 0.717) is 31.5 Å². The molecule has 1 saturated heterocycles. The topological polar surface area (TPSA) is 70.3 Å². The zero-order chi connectivity index (χ0) is 12.3. The average Bonchev–Trinajstić information content (AvgIpc) is 2.29. The lowest BCUT2D eigenvalue weighted by Gasteiger charge is -2.35. The summed E-state index contributed by atoms with van der Waals surface area (Å²) in [6, 6.07) is 1.77. The van der Waals surface area contributed by atoms with Crippen LogP contribution in [-0.4, -0.2) is 29.8 Å². The van der Waals surface area contributed by atoms with E-state index in [9.17, 15) is 0 Å². The van der Waals surface area contributed by atoms with Gasteiger partial charge in [-0.1, -0.05) is 0 Å². The van der Waals surface area contributed by atoms with Crippen LogP contribution in [0.4, 0.5) is 5.82 Å². The molecule has 1 aromatic heterocycles. The summed E-state index contributed by atoms with van der Waals surface area (Å²) in [7, 11) is 0. The van der Waals surface area contributed by atoms with E-state index in [4.69, 9.17) is 15.2 Å². The van der Waals surface area contributed by atoms with Crippen LogP contribution in [0.25, 0.3) is 0 Å². The molecule has 5 heteroatoms. The van der Waals surface area contributed by atoms with Gasteiger partial charge in [0.2, 0.25) is 0 Å². The molecule has 5 nitrogen and oxygen atoms in total. The molecule has 2 N–H and O–H groups in total. The van der Waals surface area contributed by atoms with Crippen molar-refractivity contribution in [2.75, 3.05) is 25.6 Å². The summed E-state index contributed by atoms with van der Waals surface area (Å²) in [5, 5.41) is 0. The lowest BCUT2D eigenvalue weighted by molar-refractivity contribution is -0.117. The van der Waals surface area contributed by atoms with Gasteiger partial charge >= 0.3 is 0 Å². The minimum Gasteiger partial charge on any atom is -0.384 e. The van der Waals surface area contributed by atoms with Crippen LogP contribution < -0.4 is 5.73 Å². The minimum atomic E-state index is -0.423. The first-order valence-corrected chi connectivity index (χ1v) is 5.99. The number of nitrogen functional groups attached to an aromatic ring is 1. The van der Waals surface area contributed by atoms with Crippen LogP contribution in [0.1, 0.15) is 31.3 Å². The Morgan fingerprint density at radius 3 is 2.71 bits per heavy atom. The second-order valence-corrected chi connectivity index (χ2v) is 4.30. The summed E-state index contributed by atoms with van der Waals surface area (Å²) < 4.78 is 11.3. The fourth-order valence-corrected chi connectivity index (χ4v) is 2.21. The van der Waals surface area contributed by atoms with Crippen molar-refractivity contribution in [1.29, 1.82) is 0 Å². The maximum absolute atomic E-state index is 5.91. The van der Waals surface area contributed by atoms with Gasteiger partial charge in [0.15, 0.2) is 5.82 Å². The molecule has 0 bridgehead atoms. The van der Waals surface area contributed by atoms with E-state index in [1.807, 2.05) is 13.8 Å². The molecule has 0 aliphatic carbocycles. The van der Waals surface area contributed by atoms with Crippen molar-refractivity contribution in [2.45, 2.75) is 32.3 Å². The van der Waals surface area contributed by atoms with Gasteiger partial charge in [-0.3, -0.25) is 0 Å². The molecule has 0 aromatic carbocycles. The van der Waals surface area contributed by atoms with Gasteiger partial charge in [-0.15, -0.1) is 0 Å². The number of aromatic nitrogens is 2.